The van der Waals surface area contributed by atoms with Gasteiger partial charge in [0.05, 0.1) is 35.9 Å². The van der Waals surface area contributed by atoms with Crippen molar-refractivity contribution in [3.8, 4) is 5.69 Å². The van der Waals surface area contributed by atoms with Crippen molar-refractivity contribution >= 4 is 17.5 Å². The minimum atomic E-state index is -0.0686. The highest BCUT2D eigenvalue weighted by Crippen LogP contribution is 2.20. The van der Waals surface area contributed by atoms with Crippen LogP contribution in [-0.2, 0) is 19.5 Å². The van der Waals surface area contributed by atoms with E-state index in [9.17, 15) is 4.79 Å². The monoisotopic (exact) mass is 433 g/mol. The van der Waals surface area contributed by atoms with Crippen molar-refractivity contribution in [3.63, 3.8) is 0 Å². The minimum Gasteiger partial charge on any atom is -0.337 e. The van der Waals surface area contributed by atoms with Gasteiger partial charge in [0.15, 0.2) is 0 Å². The van der Waals surface area contributed by atoms with Crippen LogP contribution in [0.25, 0.3) is 5.69 Å². The van der Waals surface area contributed by atoms with Crippen molar-refractivity contribution in [1.29, 1.82) is 0 Å². The lowest BCUT2D eigenvalue weighted by molar-refractivity contribution is 0.0784. The molecule has 0 atom stereocenters. The van der Waals surface area contributed by atoms with Crippen LogP contribution in [-0.4, -0.2) is 37.4 Å². The van der Waals surface area contributed by atoms with E-state index in [-0.39, 0.29) is 5.91 Å². The molecule has 4 aromatic rings. The van der Waals surface area contributed by atoms with Crippen molar-refractivity contribution in [2.24, 2.45) is 0 Å². The summed E-state index contributed by atoms with van der Waals surface area (Å²) >= 11 is 6.13. The van der Waals surface area contributed by atoms with E-state index < -0.39 is 0 Å². The molecule has 0 aliphatic heterocycles. The molecular weight excluding hydrogens is 410 g/mol. The predicted molar refractivity (Wildman–Crippen MR) is 122 cm³/mol. The maximum atomic E-state index is 13.2. The summed E-state index contributed by atoms with van der Waals surface area (Å²) in [5.74, 6) is -0.0686. The van der Waals surface area contributed by atoms with Crippen molar-refractivity contribution in [2.75, 3.05) is 7.05 Å². The van der Waals surface area contributed by atoms with Crippen molar-refractivity contribution in [1.82, 2.24) is 24.5 Å². The summed E-state index contributed by atoms with van der Waals surface area (Å²) in [7, 11) is 1.80. The zero-order valence-corrected chi connectivity index (χ0v) is 18.3. The van der Waals surface area contributed by atoms with Crippen LogP contribution in [0.4, 0.5) is 0 Å². The van der Waals surface area contributed by atoms with Gasteiger partial charge < -0.3 is 4.90 Å². The third kappa shape index (κ3) is 4.70. The first kappa shape index (κ1) is 20.9. The first-order valence-corrected chi connectivity index (χ1v) is 10.6. The molecule has 0 radical (unpaired) electrons. The fraction of sp³-hybridized carbons (Fsp3) is 0.208. The Labute approximate surface area is 186 Å². The Hall–Kier alpha value is -3.38. The molecule has 0 bridgehead atoms. The molecule has 0 aliphatic rings. The van der Waals surface area contributed by atoms with Gasteiger partial charge in [-0.05, 0) is 30.2 Å². The number of nitrogens with zero attached hydrogens (tertiary/aromatic N) is 5. The second-order valence-electron chi connectivity index (χ2n) is 7.44. The highest BCUT2D eigenvalue weighted by Gasteiger charge is 2.21. The third-order valence-electron chi connectivity index (χ3n) is 5.13. The number of halogens is 1. The van der Waals surface area contributed by atoms with Gasteiger partial charge in [-0.25, -0.2) is 4.68 Å². The van der Waals surface area contributed by atoms with Gasteiger partial charge in [0.25, 0.3) is 5.91 Å². The Balaban J connectivity index is 1.49. The summed E-state index contributed by atoms with van der Waals surface area (Å²) in [6.45, 7) is 3.19. The van der Waals surface area contributed by atoms with Crippen LogP contribution >= 0.6 is 11.6 Å². The van der Waals surface area contributed by atoms with Crippen LogP contribution in [0.3, 0.4) is 0 Å². The average molecular weight is 434 g/mol. The molecule has 0 saturated carbocycles. The smallest absolute Gasteiger partial charge is 0.257 e. The summed E-state index contributed by atoms with van der Waals surface area (Å²) in [5.41, 5.74) is 4.46. The van der Waals surface area contributed by atoms with E-state index in [1.807, 2.05) is 66.5 Å². The molecule has 7 heteroatoms. The zero-order valence-electron chi connectivity index (χ0n) is 17.6. The molecule has 31 heavy (non-hydrogen) atoms. The number of hydrogen-bond acceptors (Lipinski definition) is 3. The van der Waals surface area contributed by atoms with Gasteiger partial charge in [-0.15, -0.1) is 0 Å². The average Bonchev–Trinajstić information content (AvgIpc) is 3.40. The minimum absolute atomic E-state index is 0.0686. The van der Waals surface area contributed by atoms with E-state index in [4.69, 9.17) is 11.6 Å². The van der Waals surface area contributed by atoms with Gasteiger partial charge >= 0.3 is 0 Å². The maximum absolute atomic E-state index is 13.2. The SMILES string of the molecule is CCc1c(C(=O)N(C)Cc2cnn(Cc3ccccc3)c2)cnn1-c1cccc(Cl)c1. The van der Waals surface area contributed by atoms with E-state index in [0.717, 1.165) is 16.9 Å². The van der Waals surface area contributed by atoms with Crippen LogP contribution in [0, 0.1) is 0 Å². The first-order chi connectivity index (χ1) is 15.0. The van der Waals surface area contributed by atoms with Gasteiger partial charge in [-0.3, -0.25) is 9.48 Å². The van der Waals surface area contributed by atoms with E-state index in [2.05, 4.69) is 22.3 Å². The molecule has 1 amide bonds. The lowest BCUT2D eigenvalue weighted by atomic mass is 10.1. The largest absolute Gasteiger partial charge is 0.337 e. The molecule has 0 unspecified atom stereocenters. The molecule has 0 N–H and O–H groups in total. The Morgan fingerprint density at radius 2 is 1.84 bits per heavy atom. The summed E-state index contributed by atoms with van der Waals surface area (Å²) < 4.78 is 3.67. The number of hydrogen-bond donors (Lipinski definition) is 0. The van der Waals surface area contributed by atoms with Gasteiger partial charge in [-0.1, -0.05) is 54.9 Å². The van der Waals surface area contributed by atoms with Crippen LogP contribution in [0.15, 0.2) is 73.2 Å². The quantitative estimate of drug-likeness (QED) is 0.428. The molecule has 2 aromatic heterocycles. The Morgan fingerprint density at radius 1 is 1.03 bits per heavy atom. The van der Waals surface area contributed by atoms with Crippen LogP contribution in [0.5, 0.6) is 0 Å². The zero-order chi connectivity index (χ0) is 21.8. The summed E-state index contributed by atoms with van der Waals surface area (Å²) in [4.78, 5) is 14.9. The van der Waals surface area contributed by atoms with E-state index in [1.165, 1.54) is 5.56 Å². The second kappa shape index (κ2) is 9.18. The summed E-state index contributed by atoms with van der Waals surface area (Å²) in [6, 6.07) is 17.6. The van der Waals surface area contributed by atoms with Gasteiger partial charge in [0.1, 0.15) is 0 Å². The fourth-order valence-electron chi connectivity index (χ4n) is 3.62. The highest BCUT2D eigenvalue weighted by atomic mass is 35.5. The molecule has 0 aliphatic carbocycles. The Kier molecular flexibility index (Phi) is 6.18. The van der Waals surface area contributed by atoms with Crippen molar-refractivity contribution < 1.29 is 4.79 Å². The van der Waals surface area contributed by atoms with Gasteiger partial charge in [-0.2, -0.15) is 10.2 Å². The number of aromatic nitrogens is 4. The normalized spacial score (nSPS) is 10.9. The lowest BCUT2D eigenvalue weighted by Crippen LogP contribution is -2.26. The van der Waals surface area contributed by atoms with E-state index >= 15 is 0 Å². The number of benzene rings is 2. The molecule has 158 valence electrons. The topological polar surface area (TPSA) is 56.0 Å². The van der Waals surface area contributed by atoms with Gasteiger partial charge in [0, 0.05) is 30.4 Å². The maximum Gasteiger partial charge on any atom is 0.257 e. The van der Waals surface area contributed by atoms with E-state index in [0.29, 0.717) is 30.1 Å². The van der Waals surface area contributed by atoms with Crippen LogP contribution < -0.4 is 0 Å². The number of amides is 1. The van der Waals surface area contributed by atoms with Crippen molar-refractivity contribution in [3.05, 3.63) is 101 Å². The van der Waals surface area contributed by atoms with Crippen LogP contribution in [0.2, 0.25) is 5.02 Å². The van der Waals surface area contributed by atoms with E-state index in [1.54, 1.807) is 22.8 Å². The van der Waals surface area contributed by atoms with Crippen molar-refractivity contribution in [2.45, 2.75) is 26.4 Å². The molecule has 2 aromatic carbocycles. The summed E-state index contributed by atoms with van der Waals surface area (Å²) in [5, 5.41) is 9.52. The number of rotatable bonds is 7. The Morgan fingerprint density at radius 3 is 2.58 bits per heavy atom. The second-order valence-corrected chi connectivity index (χ2v) is 7.88. The molecule has 0 fully saturated rings. The predicted octanol–water partition coefficient (Wildman–Crippen LogP) is 4.61. The molecular formula is C24H24ClN5O. The first-order valence-electron chi connectivity index (χ1n) is 10.2. The highest BCUT2D eigenvalue weighted by molar-refractivity contribution is 6.30. The third-order valence-corrected chi connectivity index (χ3v) is 5.36. The Bertz CT molecular complexity index is 1180. The fourth-order valence-corrected chi connectivity index (χ4v) is 3.80. The number of carbonyl (C=O) groups is 1. The molecule has 0 spiro atoms. The van der Waals surface area contributed by atoms with Crippen LogP contribution in [0.1, 0.15) is 34.1 Å². The number of carbonyl (C=O) groups excluding carboxylic acids is 1. The standard InChI is InChI=1S/C24H24ClN5O/c1-3-23-22(14-27-30(23)21-11-7-10-20(25)12-21)24(31)28(2)15-19-13-26-29(17-19)16-18-8-5-4-6-9-18/h4-14,17H,3,15-16H2,1-2H3. The summed E-state index contributed by atoms with van der Waals surface area (Å²) in [6.07, 6.45) is 6.10. The molecule has 6 nitrogen and oxygen atoms in total. The van der Waals surface area contributed by atoms with Gasteiger partial charge in [0.2, 0.25) is 0 Å². The molecule has 4 rings (SSSR count). The lowest BCUT2D eigenvalue weighted by Gasteiger charge is -2.16. The molecule has 0 saturated heterocycles. The molecule has 2 heterocycles.